The monoisotopic (exact) mass is 232 g/mol. The Morgan fingerprint density at radius 3 is 2.44 bits per heavy atom. The topological polar surface area (TPSA) is 20.2 Å². The second-order valence-corrected chi connectivity index (χ2v) is 4.71. The Bertz CT molecular complexity index is 408. The molecular formula is C14H16OS. The van der Waals surface area contributed by atoms with Crippen LogP contribution in [-0.2, 0) is 0 Å². The molecule has 0 saturated carbocycles. The molecule has 2 heteroatoms. The highest BCUT2D eigenvalue weighted by Gasteiger charge is 2.20. The Labute approximate surface area is 100 Å². The summed E-state index contributed by atoms with van der Waals surface area (Å²) in [4.78, 5) is 0. The second-order valence-electron chi connectivity index (χ2n) is 3.93. The van der Waals surface area contributed by atoms with Crippen LogP contribution in [0.15, 0.2) is 47.2 Å². The van der Waals surface area contributed by atoms with E-state index >= 15 is 0 Å². The number of hydrogen-bond donors (Lipinski definition) is 1. The summed E-state index contributed by atoms with van der Waals surface area (Å²) in [7, 11) is 0. The molecule has 16 heavy (non-hydrogen) atoms. The van der Waals surface area contributed by atoms with Gasteiger partial charge in [0.15, 0.2) is 0 Å². The Kier molecular flexibility index (Phi) is 3.75. The molecule has 0 amide bonds. The van der Waals surface area contributed by atoms with Crippen LogP contribution in [-0.4, -0.2) is 5.11 Å². The SMILES string of the molecule is CCC(c1ccccc1)C(O)c1ccsc1. The van der Waals surface area contributed by atoms with Gasteiger partial charge in [0.25, 0.3) is 0 Å². The number of aliphatic hydroxyl groups is 1. The van der Waals surface area contributed by atoms with Gasteiger partial charge in [-0.2, -0.15) is 11.3 Å². The zero-order chi connectivity index (χ0) is 11.4. The predicted octanol–water partition coefficient (Wildman–Crippen LogP) is 3.98. The number of benzene rings is 1. The average Bonchev–Trinajstić information content (AvgIpc) is 2.85. The summed E-state index contributed by atoms with van der Waals surface area (Å²) in [5, 5.41) is 14.4. The van der Waals surface area contributed by atoms with Gasteiger partial charge in [-0.05, 0) is 34.4 Å². The first-order valence-electron chi connectivity index (χ1n) is 5.58. The molecule has 2 aromatic rings. The molecule has 2 unspecified atom stereocenters. The van der Waals surface area contributed by atoms with Gasteiger partial charge >= 0.3 is 0 Å². The largest absolute Gasteiger partial charge is 0.388 e. The van der Waals surface area contributed by atoms with Crippen molar-refractivity contribution in [2.45, 2.75) is 25.4 Å². The zero-order valence-corrected chi connectivity index (χ0v) is 10.2. The Morgan fingerprint density at radius 2 is 1.88 bits per heavy atom. The molecule has 1 aromatic carbocycles. The molecule has 1 N–H and O–H groups in total. The number of aliphatic hydroxyl groups excluding tert-OH is 1. The molecular weight excluding hydrogens is 216 g/mol. The third-order valence-corrected chi connectivity index (χ3v) is 3.63. The van der Waals surface area contributed by atoms with E-state index in [9.17, 15) is 5.11 Å². The van der Waals surface area contributed by atoms with Crippen molar-refractivity contribution < 1.29 is 5.11 Å². The van der Waals surface area contributed by atoms with Gasteiger partial charge in [0.05, 0.1) is 6.10 Å². The van der Waals surface area contributed by atoms with E-state index in [4.69, 9.17) is 0 Å². The summed E-state index contributed by atoms with van der Waals surface area (Å²) < 4.78 is 0. The predicted molar refractivity (Wildman–Crippen MR) is 68.8 cm³/mol. The van der Waals surface area contributed by atoms with Gasteiger partial charge in [-0.3, -0.25) is 0 Å². The minimum atomic E-state index is -0.390. The molecule has 0 fully saturated rings. The van der Waals surface area contributed by atoms with E-state index in [1.165, 1.54) is 5.56 Å². The minimum absolute atomic E-state index is 0.191. The summed E-state index contributed by atoms with van der Waals surface area (Å²) in [6, 6.07) is 12.2. The lowest BCUT2D eigenvalue weighted by Gasteiger charge is -2.21. The van der Waals surface area contributed by atoms with Crippen molar-refractivity contribution in [1.29, 1.82) is 0 Å². The number of hydrogen-bond acceptors (Lipinski definition) is 2. The fourth-order valence-electron chi connectivity index (χ4n) is 2.02. The molecule has 0 spiro atoms. The molecule has 0 saturated heterocycles. The Morgan fingerprint density at radius 1 is 1.12 bits per heavy atom. The van der Waals surface area contributed by atoms with Crippen LogP contribution >= 0.6 is 11.3 Å². The second kappa shape index (κ2) is 5.28. The van der Waals surface area contributed by atoms with Crippen LogP contribution in [0, 0.1) is 0 Å². The summed E-state index contributed by atoms with van der Waals surface area (Å²) in [6.45, 7) is 2.12. The average molecular weight is 232 g/mol. The van der Waals surface area contributed by atoms with Gasteiger partial charge in [-0.15, -0.1) is 0 Å². The first-order chi connectivity index (χ1) is 7.83. The van der Waals surface area contributed by atoms with Gasteiger partial charge in [0.1, 0.15) is 0 Å². The summed E-state index contributed by atoms with van der Waals surface area (Å²) in [5.41, 5.74) is 2.24. The molecule has 0 radical (unpaired) electrons. The van der Waals surface area contributed by atoms with Crippen molar-refractivity contribution in [2.75, 3.05) is 0 Å². The normalized spacial score (nSPS) is 14.6. The van der Waals surface area contributed by atoms with E-state index in [-0.39, 0.29) is 5.92 Å². The lowest BCUT2D eigenvalue weighted by Crippen LogP contribution is -2.09. The molecule has 0 aliphatic rings. The third kappa shape index (κ3) is 2.34. The Balaban J connectivity index is 2.23. The van der Waals surface area contributed by atoms with Crippen LogP contribution in [0.3, 0.4) is 0 Å². The maximum atomic E-state index is 10.3. The fourth-order valence-corrected chi connectivity index (χ4v) is 2.71. The van der Waals surface area contributed by atoms with Gasteiger partial charge in [0.2, 0.25) is 0 Å². The molecule has 0 aliphatic carbocycles. The minimum Gasteiger partial charge on any atom is -0.388 e. The maximum absolute atomic E-state index is 10.3. The summed E-state index contributed by atoms with van der Waals surface area (Å²) in [5.74, 6) is 0.191. The lowest BCUT2D eigenvalue weighted by atomic mass is 9.88. The molecule has 1 nitrogen and oxygen atoms in total. The number of rotatable bonds is 4. The van der Waals surface area contributed by atoms with E-state index in [0.29, 0.717) is 0 Å². The molecule has 1 aromatic heterocycles. The fraction of sp³-hybridized carbons (Fsp3) is 0.286. The van der Waals surface area contributed by atoms with Crippen LogP contribution in [0.2, 0.25) is 0 Å². The van der Waals surface area contributed by atoms with Gasteiger partial charge in [-0.1, -0.05) is 37.3 Å². The van der Waals surface area contributed by atoms with E-state index in [2.05, 4.69) is 19.1 Å². The van der Waals surface area contributed by atoms with Crippen LogP contribution in [0.25, 0.3) is 0 Å². The molecule has 2 rings (SSSR count). The van der Waals surface area contributed by atoms with Crippen LogP contribution in [0.4, 0.5) is 0 Å². The van der Waals surface area contributed by atoms with Crippen LogP contribution in [0.5, 0.6) is 0 Å². The van der Waals surface area contributed by atoms with Crippen molar-refractivity contribution in [3.63, 3.8) is 0 Å². The summed E-state index contributed by atoms with van der Waals surface area (Å²) in [6.07, 6.45) is 0.555. The van der Waals surface area contributed by atoms with Crippen molar-refractivity contribution in [3.8, 4) is 0 Å². The van der Waals surface area contributed by atoms with E-state index in [1.54, 1.807) is 11.3 Å². The molecule has 84 valence electrons. The molecule has 2 atom stereocenters. The van der Waals surface area contributed by atoms with E-state index in [0.717, 1.165) is 12.0 Å². The smallest absolute Gasteiger partial charge is 0.0866 e. The highest BCUT2D eigenvalue weighted by atomic mass is 32.1. The molecule has 0 aliphatic heterocycles. The number of thiophene rings is 1. The maximum Gasteiger partial charge on any atom is 0.0866 e. The summed E-state index contributed by atoms with van der Waals surface area (Å²) >= 11 is 1.63. The van der Waals surface area contributed by atoms with Gasteiger partial charge in [-0.25, -0.2) is 0 Å². The highest BCUT2D eigenvalue weighted by Crippen LogP contribution is 2.34. The van der Waals surface area contributed by atoms with Gasteiger partial charge < -0.3 is 5.11 Å². The quantitative estimate of drug-likeness (QED) is 0.845. The standard InChI is InChI=1S/C14H16OS/c1-2-13(11-6-4-3-5-7-11)14(15)12-8-9-16-10-12/h3-10,13-15H,2H2,1H3. The third-order valence-electron chi connectivity index (χ3n) is 2.93. The molecule has 1 heterocycles. The van der Waals surface area contributed by atoms with Crippen molar-refractivity contribution >= 4 is 11.3 Å². The van der Waals surface area contributed by atoms with Crippen LogP contribution in [0.1, 0.15) is 36.5 Å². The van der Waals surface area contributed by atoms with Crippen molar-refractivity contribution in [3.05, 3.63) is 58.3 Å². The van der Waals surface area contributed by atoms with E-state index in [1.807, 2.05) is 35.0 Å². The Hall–Kier alpha value is -1.12. The van der Waals surface area contributed by atoms with Crippen LogP contribution < -0.4 is 0 Å². The van der Waals surface area contributed by atoms with Crippen molar-refractivity contribution in [2.24, 2.45) is 0 Å². The zero-order valence-electron chi connectivity index (χ0n) is 9.34. The van der Waals surface area contributed by atoms with E-state index < -0.39 is 6.10 Å². The van der Waals surface area contributed by atoms with Gasteiger partial charge in [0, 0.05) is 5.92 Å². The molecule has 0 bridgehead atoms. The first-order valence-corrected chi connectivity index (χ1v) is 6.52. The highest BCUT2D eigenvalue weighted by molar-refractivity contribution is 7.07. The van der Waals surface area contributed by atoms with Crippen molar-refractivity contribution in [1.82, 2.24) is 0 Å². The first kappa shape index (κ1) is 11.4. The lowest BCUT2D eigenvalue weighted by molar-refractivity contribution is 0.143.